The zero-order valence-electron chi connectivity index (χ0n) is 15.1. The molecule has 2 aromatic rings. The van der Waals surface area contributed by atoms with Gasteiger partial charge in [-0.3, -0.25) is 4.79 Å². The summed E-state index contributed by atoms with van der Waals surface area (Å²) in [5.74, 6) is 0.685. The largest absolute Gasteiger partial charge is 0.497 e. The number of benzene rings is 2. The quantitative estimate of drug-likeness (QED) is 0.867. The molecule has 1 aliphatic heterocycles. The van der Waals surface area contributed by atoms with Gasteiger partial charge in [0.1, 0.15) is 5.75 Å². The van der Waals surface area contributed by atoms with Gasteiger partial charge in [0.2, 0.25) is 15.9 Å². The highest BCUT2D eigenvalue weighted by molar-refractivity contribution is 7.88. The molecule has 0 saturated carbocycles. The topological polar surface area (TPSA) is 75.7 Å². The van der Waals surface area contributed by atoms with E-state index >= 15 is 0 Å². The van der Waals surface area contributed by atoms with Crippen molar-refractivity contribution in [1.82, 2.24) is 9.62 Å². The fourth-order valence-corrected chi connectivity index (χ4v) is 4.17. The summed E-state index contributed by atoms with van der Waals surface area (Å²) in [5.41, 5.74) is 1.03. The lowest BCUT2D eigenvalue weighted by molar-refractivity contribution is -0.126. The molecule has 7 heteroatoms. The average molecular weight is 376 g/mol. The zero-order chi connectivity index (χ0) is 18.7. The standard InChI is InChI=1S/C19H24N2O4S/c1-25-18-6-5-16-11-14(3-4-17(16)12-18)13-20-19(22)15-7-9-21(10-8-15)26(2,23)24/h3-6,11-12,15H,7-10,13H2,1-2H3,(H,20,22). The third kappa shape index (κ3) is 4.34. The van der Waals surface area contributed by atoms with Crippen LogP contribution in [0.2, 0.25) is 0 Å². The van der Waals surface area contributed by atoms with Gasteiger partial charge in [-0.05, 0) is 47.4 Å². The van der Waals surface area contributed by atoms with Gasteiger partial charge in [-0.25, -0.2) is 12.7 Å². The molecule has 1 amide bonds. The molecule has 0 bridgehead atoms. The van der Waals surface area contributed by atoms with Gasteiger partial charge in [0, 0.05) is 25.6 Å². The number of nitrogens with one attached hydrogen (secondary N) is 1. The molecule has 0 unspecified atom stereocenters. The molecule has 0 spiro atoms. The Hall–Kier alpha value is -2.12. The first kappa shape index (κ1) is 18.7. The molecule has 1 heterocycles. The molecule has 1 saturated heterocycles. The Balaban J connectivity index is 1.57. The van der Waals surface area contributed by atoms with Gasteiger partial charge in [0.15, 0.2) is 0 Å². The van der Waals surface area contributed by atoms with Crippen molar-refractivity contribution in [3.05, 3.63) is 42.0 Å². The van der Waals surface area contributed by atoms with Gasteiger partial charge >= 0.3 is 0 Å². The second kappa shape index (κ2) is 7.63. The summed E-state index contributed by atoms with van der Waals surface area (Å²) < 4.78 is 29.7. The maximum atomic E-state index is 12.4. The third-order valence-corrected chi connectivity index (χ3v) is 6.18. The minimum absolute atomic E-state index is 0.00650. The van der Waals surface area contributed by atoms with Crippen molar-refractivity contribution in [3.8, 4) is 5.75 Å². The van der Waals surface area contributed by atoms with Crippen molar-refractivity contribution in [2.45, 2.75) is 19.4 Å². The Kier molecular flexibility index (Phi) is 5.48. The molecule has 0 atom stereocenters. The first-order chi connectivity index (χ1) is 12.4. The monoisotopic (exact) mass is 376 g/mol. The Morgan fingerprint density at radius 1 is 1.15 bits per heavy atom. The van der Waals surface area contributed by atoms with Crippen LogP contribution in [0.1, 0.15) is 18.4 Å². The Labute approximate surface area is 154 Å². The van der Waals surface area contributed by atoms with Gasteiger partial charge in [0.05, 0.1) is 13.4 Å². The summed E-state index contributed by atoms with van der Waals surface area (Å²) in [4.78, 5) is 12.4. The number of carbonyl (C=O) groups excluding carboxylic acids is 1. The van der Waals surface area contributed by atoms with Crippen LogP contribution in [-0.4, -0.2) is 45.1 Å². The summed E-state index contributed by atoms with van der Waals surface area (Å²) in [5, 5.41) is 5.16. The van der Waals surface area contributed by atoms with E-state index in [0.717, 1.165) is 22.1 Å². The van der Waals surface area contributed by atoms with Gasteiger partial charge < -0.3 is 10.1 Å². The van der Waals surface area contributed by atoms with Crippen LogP contribution >= 0.6 is 0 Å². The number of hydrogen-bond acceptors (Lipinski definition) is 4. The van der Waals surface area contributed by atoms with Crippen LogP contribution in [0.25, 0.3) is 10.8 Å². The van der Waals surface area contributed by atoms with Crippen LogP contribution < -0.4 is 10.1 Å². The van der Waals surface area contributed by atoms with E-state index in [9.17, 15) is 13.2 Å². The van der Waals surface area contributed by atoms with Gasteiger partial charge in [-0.2, -0.15) is 0 Å². The van der Waals surface area contributed by atoms with Crippen LogP contribution in [0.15, 0.2) is 36.4 Å². The second-order valence-corrected chi connectivity index (χ2v) is 8.68. The van der Waals surface area contributed by atoms with Crippen LogP contribution in [-0.2, 0) is 21.4 Å². The molecule has 1 fully saturated rings. The lowest BCUT2D eigenvalue weighted by Gasteiger charge is -2.29. The zero-order valence-corrected chi connectivity index (χ0v) is 15.9. The molecule has 1 aliphatic rings. The molecular formula is C19H24N2O4S. The van der Waals surface area contributed by atoms with E-state index in [1.54, 1.807) is 7.11 Å². The van der Waals surface area contributed by atoms with Gasteiger partial charge in [-0.15, -0.1) is 0 Å². The number of amides is 1. The van der Waals surface area contributed by atoms with Crippen LogP contribution in [0, 0.1) is 5.92 Å². The van der Waals surface area contributed by atoms with Crippen molar-refractivity contribution in [2.24, 2.45) is 5.92 Å². The molecule has 0 aliphatic carbocycles. The number of hydrogen-bond donors (Lipinski definition) is 1. The first-order valence-corrected chi connectivity index (χ1v) is 10.5. The molecule has 1 N–H and O–H groups in total. The van der Waals surface area contributed by atoms with Crippen LogP contribution in [0.5, 0.6) is 5.75 Å². The van der Waals surface area contributed by atoms with Crippen molar-refractivity contribution in [1.29, 1.82) is 0 Å². The SMILES string of the molecule is COc1ccc2cc(CNC(=O)C3CCN(S(C)(=O)=O)CC3)ccc2c1. The number of methoxy groups -OCH3 is 1. The average Bonchev–Trinajstić information content (AvgIpc) is 2.65. The van der Waals surface area contributed by atoms with Gasteiger partial charge in [-0.1, -0.05) is 18.2 Å². The molecule has 3 rings (SSSR count). The first-order valence-electron chi connectivity index (χ1n) is 8.66. The fraction of sp³-hybridized carbons (Fsp3) is 0.421. The number of nitrogens with zero attached hydrogens (tertiary/aromatic N) is 1. The fourth-order valence-electron chi connectivity index (χ4n) is 3.29. The molecular weight excluding hydrogens is 352 g/mol. The van der Waals surface area contributed by atoms with Crippen molar-refractivity contribution >= 4 is 26.7 Å². The van der Waals surface area contributed by atoms with E-state index in [0.29, 0.717) is 32.5 Å². The number of carbonyl (C=O) groups is 1. The van der Waals surface area contributed by atoms with E-state index < -0.39 is 10.0 Å². The summed E-state index contributed by atoms with van der Waals surface area (Å²) in [6.45, 7) is 1.29. The smallest absolute Gasteiger partial charge is 0.223 e. The predicted octanol–water partition coefficient (Wildman–Crippen LogP) is 2.14. The number of piperidine rings is 1. The summed E-state index contributed by atoms with van der Waals surface area (Å²) in [6, 6.07) is 12.0. The molecule has 26 heavy (non-hydrogen) atoms. The second-order valence-electron chi connectivity index (χ2n) is 6.70. The lowest BCUT2D eigenvalue weighted by atomic mass is 9.97. The Morgan fingerprint density at radius 3 is 2.46 bits per heavy atom. The highest BCUT2D eigenvalue weighted by Crippen LogP contribution is 2.22. The number of sulfonamides is 1. The number of ether oxygens (including phenoxy) is 1. The highest BCUT2D eigenvalue weighted by Gasteiger charge is 2.28. The molecule has 2 aromatic carbocycles. The normalized spacial score (nSPS) is 16.5. The highest BCUT2D eigenvalue weighted by atomic mass is 32.2. The van der Waals surface area contributed by atoms with Crippen molar-refractivity contribution in [2.75, 3.05) is 26.5 Å². The Morgan fingerprint density at radius 2 is 1.81 bits per heavy atom. The maximum Gasteiger partial charge on any atom is 0.223 e. The summed E-state index contributed by atoms with van der Waals surface area (Å²) in [6.07, 6.45) is 2.34. The molecule has 0 aromatic heterocycles. The summed E-state index contributed by atoms with van der Waals surface area (Å²) >= 11 is 0. The van der Waals surface area contributed by atoms with Crippen molar-refractivity contribution in [3.63, 3.8) is 0 Å². The van der Waals surface area contributed by atoms with E-state index in [4.69, 9.17) is 4.74 Å². The van der Waals surface area contributed by atoms with Crippen molar-refractivity contribution < 1.29 is 17.9 Å². The molecule has 6 nitrogen and oxygen atoms in total. The molecule has 140 valence electrons. The lowest BCUT2D eigenvalue weighted by Crippen LogP contribution is -2.42. The maximum absolute atomic E-state index is 12.4. The van der Waals surface area contributed by atoms with Crippen LogP contribution in [0.4, 0.5) is 0 Å². The summed E-state index contributed by atoms with van der Waals surface area (Å²) in [7, 11) is -1.52. The van der Waals surface area contributed by atoms with Crippen LogP contribution in [0.3, 0.4) is 0 Å². The predicted molar refractivity (Wildman–Crippen MR) is 101 cm³/mol. The van der Waals surface area contributed by atoms with E-state index in [2.05, 4.69) is 11.4 Å². The number of rotatable bonds is 5. The minimum Gasteiger partial charge on any atom is -0.497 e. The third-order valence-electron chi connectivity index (χ3n) is 4.87. The van der Waals surface area contributed by atoms with E-state index in [-0.39, 0.29) is 11.8 Å². The Bertz CT molecular complexity index is 903. The number of fused-ring (bicyclic) bond motifs is 1. The molecule has 0 radical (unpaired) electrons. The van der Waals surface area contributed by atoms with E-state index in [1.807, 2.05) is 30.3 Å². The van der Waals surface area contributed by atoms with E-state index in [1.165, 1.54) is 10.6 Å². The minimum atomic E-state index is -3.16. The van der Waals surface area contributed by atoms with Gasteiger partial charge in [0.25, 0.3) is 0 Å².